The monoisotopic (exact) mass is 592 g/mol. The van der Waals surface area contributed by atoms with Crippen molar-refractivity contribution in [2.45, 2.75) is 63.1 Å². The van der Waals surface area contributed by atoms with Crippen LogP contribution in [0.25, 0.3) is 0 Å². The van der Waals surface area contributed by atoms with Crippen molar-refractivity contribution in [3.05, 3.63) is 108 Å². The molecule has 1 aliphatic rings. The van der Waals surface area contributed by atoms with E-state index < -0.39 is 53.4 Å². The minimum absolute atomic E-state index is 0.0536. The molecule has 4 rings (SSSR count). The predicted molar refractivity (Wildman–Crippen MR) is 159 cm³/mol. The number of carbonyl (C=O) groups excluding carboxylic acids is 3. The molecule has 5 atom stereocenters. The second kappa shape index (κ2) is 14.5. The standard InChI is InChI=1S/C33H36O8S/c1-5-42-32-31(40-24(4)36)30(39-23(3)35)29(38-22(2)34)28(41-32)21-37-33(25-15-9-6-10-16-25,26-17-11-7-12-18-26)27-19-13-8-14-20-27/h6-20,28-32H,5,21H2,1-4H3/t28-,29+,30+,31+,32+/m1/s1. The Labute approximate surface area is 250 Å². The number of esters is 3. The Morgan fingerprint density at radius 3 is 1.48 bits per heavy atom. The van der Waals surface area contributed by atoms with Crippen LogP contribution in [-0.4, -0.2) is 60.1 Å². The Kier molecular flexibility index (Phi) is 10.8. The number of hydrogen-bond donors (Lipinski definition) is 0. The number of rotatable bonds is 11. The zero-order chi connectivity index (χ0) is 30.1. The van der Waals surface area contributed by atoms with E-state index in [2.05, 4.69) is 0 Å². The predicted octanol–water partition coefficient (Wildman–Crippen LogP) is 5.27. The maximum absolute atomic E-state index is 12.3. The summed E-state index contributed by atoms with van der Waals surface area (Å²) >= 11 is 1.39. The van der Waals surface area contributed by atoms with E-state index in [1.54, 1.807) is 0 Å². The minimum Gasteiger partial charge on any atom is -0.456 e. The van der Waals surface area contributed by atoms with Gasteiger partial charge in [-0.1, -0.05) is 97.9 Å². The number of hydrogen-bond acceptors (Lipinski definition) is 9. The van der Waals surface area contributed by atoms with Gasteiger partial charge in [0.15, 0.2) is 18.3 Å². The second-order valence-electron chi connectivity index (χ2n) is 9.81. The van der Waals surface area contributed by atoms with Crippen LogP contribution in [-0.2, 0) is 43.7 Å². The van der Waals surface area contributed by atoms with Crippen LogP contribution < -0.4 is 0 Å². The van der Waals surface area contributed by atoms with Crippen molar-refractivity contribution < 1.29 is 38.1 Å². The van der Waals surface area contributed by atoms with E-state index in [1.807, 2.05) is 97.9 Å². The first-order valence-corrected chi connectivity index (χ1v) is 14.9. The first-order valence-electron chi connectivity index (χ1n) is 13.9. The maximum atomic E-state index is 12.3. The van der Waals surface area contributed by atoms with Crippen molar-refractivity contribution in [2.75, 3.05) is 12.4 Å². The van der Waals surface area contributed by atoms with Gasteiger partial charge in [0.2, 0.25) is 0 Å². The highest BCUT2D eigenvalue weighted by Crippen LogP contribution is 2.42. The SMILES string of the molecule is CCS[C@@H]1O[C@H](COC(c2ccccc2)(c2ccccc2)c2ccccc2)[C@H](OC(C)=O)[C@H](OC(C)=O)[C@@H]1OC(C)=O. The van der Waals surface area contributed by atoms with Crippen LogP contribution in [0, 0.1) is 0 Å². The van der Waals surface area contributed by atoms with Crippen molar-refractivity contribution in [3.8, 4) is 0 Å². The summed E-state index contributed by atoms with van der Waals surface area (Å²) in [6, 6.07) is 29.5. The summed E-state index contributed by atoms with van der Waals surface area (Å²) in [6.45, 7) is 5.67. The average Bonchev–Trinajstić information content (AvgIpc) is 2.98. The molecule has 0 amide bonds. The van der Waals surface area contributed by atoms with Gasteiger partial charge >= 0.3 is 17.9 Å². The Balaban J connectivity index is 1.81. The molecule has 3 aromatic carbocycles. The van der Waals surface area contributed by atoms with Crippen LogP contribution in [0.15, 0.2) is 91.0 Å². The van der Waals surface area contributed by atoms with Gasteiger partial charge in [0.25, 0.3) is 0 Å². The van der Waals surface area contributed by atoms with E-state index in [4.69, 9.17) is 23.7 Å². The van der Waals surface area contributed by atoms with Gasteiger partial charge in [-0.2, -0.15) is 0 Å². The molecule has 0 spiro atoms. The number of thioether (sulfide) groups is 1. The van der Waals surface area contributed by atoms with Crippen molar-refractivity contribution in [3.63, 3.8) is 0 Å². The molecule has 1 heterocycles. The molecule has 1 saturated heterocycles. The van der Waals surface area contributed by atoms with E-state index in [-0.39, 0.29) is 6.61 Å². The Bertz CT molecular complexity index is 1220. The molecule has 0 bridgehead atoms. The molecule has 3 aromatic rings. The van der Waals surface area contributed by atoms with Gasteiger partial charge < -0.3 is 23.7 Å². The van der Waals surface area contributed by atoms with E-state index >= 15 is 0 Å². The van der Waals surface area contributed by atoms with E-state index in [0.29, 0.717) is 5.75 Å². The number of carbonyl (C=O) groups is 3. The normalized spacial score (nSPS) is 22.1. The number of benzene rings is 3. The summed E-state index contributed by atoms with van der Waals surface area (Å²) < 4.78 is 30.4. The molecule has 222 valence electrons. The van der Waals surface area contributed by atoms with Crippen molar-refractivity contribution in [1.82, 2.24) is 0 Å². The van der Waals surface area contributed by atoms with Gasteiger partial charge in [-0.25, -0.2) is 0 Å². The molecular weight excluding hydrogens is 556 g/mol. The van der Waals surface area contributed by atoms with Crippen molar-refractivity contribution in [1.29, 1.82) is 0 Å². The summed E-state index contributed by atoms with van der Waals surface area (Å²) in [5, 5.41) is 0. The lowest BCUT2D eigenvalue weighted by molar-refractivity contribution is -0.241. The van der Waals surface area contributed by atoms with Crippen LogP contribution >= 0.6 is 11.8 Å². The molecule has 42 heavy (non-hydrogen) atoms. The van der Waals surface area contributed by atoms with Crippen molar-refractivity contribution in [2.24, 2.45) is 0 Å². The summed E-state index contributed by atoms with van der Waals surface area (Å²) in [6.07, 6.45) is -4.09. The maximum Gasteiger partial charge on any atom is 0.303 e. The topological polar surface area (TPSA) is 97.4 Å². The van der Waals surface area contributed by atoms with Gasteiger partial charge in [0, 0.05) is 20.8 Å². The summed E-state index contributed by atoms with van der Waals surface area (Å²) in [7, 11) is 0. The fourth-order valence-electron chi connectivity index (χ4n) is 5.26. The van der Waals surface area contributed by atoms with Gasteiger partial charge in [0.05, 0.1) is 6.61 Å². The highest BCUT2D eigenvalue weighted by atomic mass is 32.2. The third-order valence-corrected chi connectivity index (χ3v) is 7.87. The van der Waals surface area contributed by atoms with Crippen LogP contribution in [0.3, 0.4) is 0 Å². The molecular formula is C33H36O8S. The van der Waals surface area contributed by atoms with E-state index in [0.717, 1.165) is 16.7 Å². The minimum atomic E-state index is -1.11. The molecule has 8 nitrogen and oxygen atoms in total. The third-order valence-electron chi connectivity index (χ3n) is 6.83. The van der Waals surface area contributed by atoms with Crippen LogP contribution in [0.5, 0.6) is 0 Å². The van der Waals surface area contributed by atoms with Crippen LogP contribution in [0.1, 0.15) is 44.4 Å². The first kappa shape index (κ1) is 31.3. The highest BCUT2D eigenvalue weighted by molar-refractivity contribution is 7.99. The van der Waals surface area contributed by atoms with Gasteiger partial charge in [0.1, 0.15) is 17.1 Å². The smallest absolute Gasteiger partial charge is 0.303 e. The Morgan fingerprint density at radius 2 is 1.07 bits per heavy atom. The molecule has 9 heteroatoms. The Hall–Kier alpha value is -3.66. The molecule has 0 radical (unpaired) electrons. The zero-order valence-electron chi connectivity index (χ0n) is 24.1. The van der Waals surface area contributed by atoms with Crippen LogP contribution in [0.2, 0.25) is 0 Å². The highest BCUT2D eigenvalue weighted by Gasteiger charge is 2.52. The quantitative estimate of drug-likeness (QED) is 0.168. The molecule has 0 aromatic heterocycles. The molecule has 1 aliphatic heterocycles. The van der Waals surface area contributed by atoms with Gasteiger partial charge in [-0.15, -0.1) is 11.8 Å². The van der Waals surface area contributed by atoms with Gasteiger partial charge in [-0.3, -0.25) is 14.4 Å². The largest absolute Gasteiger partial charge is 0.456 e. The molecule has 0 aliphatic carbocycles. The third kappa shape index (κ3) is 7.21. The lowest BCUT2D eigenvalue weighted by Gasteiger charge is -2.45. The molecule has 1 fully saturated rings. The lowest BCUT2D eigenvalue weighted by Crippen LogP contribution is -2.61. The molecule has 0 unspecified atom stereocenters. The summed E-state index contributed by atoms with van der Waals surface area (Å²) in [5.41, 5.74) is 0.886. The first-order chi connectivity index (χ1) is 20.3. The zero-order valence-corrected chi connectivity index (χ0v) is 25.0. The van der Waals surface area contributed by atoms with Gasteiger partial charge in [-0.05, 0) is 22.4 Å². The summed E-state index contributed by atoms with van der Waals surface area (Å²) in [4.78, 5) is 36.6. The Morgan fingerprint density at radius 1 is 0.667 bits per heavy atom. The van der Waals surface area contributed by atoms with E-state index in [1.165, 1.54) is 32.5 Å². The second-order valence-corrected chi connectivity index (χ2v) is 11.2. The fourth-order valence-corrected chi connectivity index (χ4v) is 6.21. The summed E-state index contributed by atoms with van der Waals surface area (Å²) in [5.74, 6) is -1.16. The number of ether oxygens (including phenoxy) is 5. The molecule has 0 saturated carbocycles. The van der Waals surface area contributed by atoms with Crippen molar-refractivity contribution >= 4 is 29.7 Å². The average molecular weight is 593 g/mol. The lowest BCUT2D eigenvalue weighted by atomic mass is 9.80. The van der Waals surface area contributed by atoms with Crippen LogP contribution in [0.4, 0.5) is 0 Å². The molecule has 0 N–H and O–H groups in total. The fraction of sp³-hybridized carbons (Fsp3) is 0.364. The van der Waals surface area contributed by atoms with E-state index in [9.17, 15) is 14.4 Å².